The zero-order valence-corrected chi connectivity index (χ0v) is 13.3. The number of likely N-dealkylation sites (N-methyl/N-ethyl adjacent to an activating group) is 1. The summed E-state index contributed by atoms with van der Waals surface area (Å²) in [5.74, 6) is -0.111. The van der Waals surface area contributed by atoms with Gasteiger partial charge in [0.25, 0.3) is 0 Å². The first-order valence-corrected chi connectivity index (χ1v) is 7.96. The molecule has 5 heteroatoms. The van der Waals surface area contributed by atoms with Gasteiger partial charge in [-0.1, -0.05) is 19.1 Å². The van der Waals surface area contributed by atoms with Crippen molar-refractivity contribution in [1.29, 1.82) is 0 Å². The quantitative estimate of drug-likeness (QED) is 0.840. The van der Waals surface area contributed by atoms with Crippen LogP contribution in [-0.4, -0.2) is 53.1 Å². The molecule has 22 heavy (non-hydrogen) atoms. The summed E-state index contributed by atoms with van der Waals surface area (Å²) < 4.78 is 13.0. The Morgan fingerprint density at radius 2 is 2.05 bits per heavy atom. The third-order valence-electron chi connectivity index (χ3n) is 4.35. The molecule has 2 rings (SSSR count). The number of likely N-dealkylation sites (tertiary alicyclic amines) is 1. The van der Waals surface area contributed by atoms with Gasteiger partial charge in [-0.15, -0.1) is 0 Å². The van der Waals surface area contributed by atoms with Gasteiger partial charge in [-0.3, -0.25) is 9.69 Å². The molecule has 1 amide bonds. The van der Waals surface area contributed by atoms with E-state index in [0.717, 1.165) is 25.1 Å². The number of amides is 1. The lowest BCUT2D eigenvalue weighted by Crippen LogP contribution is -2.41. The molecule has 0 aliphatic carbocycles. The van der Waals surface area contributed by atoms with E-state index in [4.69, 9.17) is 0 Å². The van der Waals surface area contributed by atoms with Gasteiger partial charge in [0.05, 0.1) is 6.10 Å². The van der Waals surface area contributed by atoms with Crippen molar-refractivity contribution in [3.05, 3.63) is 35.6 Å². The fraction of sp³-hybridized carbons (Fsp3) is 0.588. The van der Waals surface area contributed by atoms with E-state index in [1.165, 1.54) is 12.1 Å². The second-order valence-electron chi connectivity index (χ2n) is 5.91. The molecular weight excluding hydrogens is 283 g/mol. The number of hydrogen-bond acceptors (Lipinski definition) is 3. The summed E-state index contributed by atoms with van der Waals surface area (Å²) in [4.78, 5) is 15.5. The van der Waals surface area contributed by atoms with Gasteiger partial charge in [0.2, 0.25) is 5.91 Å². The van der Waals surface area contributed by atoms with Crippen molar-refractivity contribution < 1.29 is 14.3 Å². The van der Waals surface area contributed by atoms with Crippen molar-refractivity contribution in [2.45, 2.75) is 38.8 Å². The number of aliphatic hydroxyl groups excluding tert-OH is 1. The molecule has 1 aromatic rings. The van der Waals surface area contributed by atoms with Crippen molar-refractivity contribution in [3.8, 4) is 0 Å². The second kappa shape index (κ2) is 7.70. The van der Waals surface area contributed by atoms with E-state index in [1.54, 1.807) is 17.0 Å². The molecule has 1 aromatic carbocycles. The van der Waals surface area contributed by atoms with E-state index < -0.39 is 6.10 Å². The van der Waals surface area contributed by atoms with Crippen molar-refractivity contribution in [3.63, 3.8) is 0 Å². The topological polar surface area (TPSA) is 43.8 Å². The van der Waals surface area contributed by atoms with Crippen LogP contribution in [-0.2, 0) is 4.79 Å². The molecule has 0 spiro atoms. The first kappa shape index (κ1) is 16.9. The smallest absolute Gasteiger partial charge is 0.222 e. The Labute approximate surface area is 131 Å². The molecule has 1 N–H and O–H groups in total. The number of carbonyl (C=O) groups excluding carboxylic acids is 1. The van der Waals surface area contributed by atoms with E-state index in [-0.39, 0.29) is 17.8 Å². The Bertz CT molecular complexity index is 492. The Kier molecular flexibility index (Phi) is 5.91. The lowest BCUT2D eigenvalue weighted by molar-refractivity contribution is -0.129. The highest BCUT2D eigenvalue weighted by atomic mass is 19.1. The number of aliphatic hydroxyl groups is 1. The number of nitrogens with zero attached hydrogens (tertiary/aromatic N) is 2. The third-order valence-corrected chi connectivity index (χ3v) is 4.35. The van der Waals surface area contributed by atoms with Crippen LogP contribution in [0.1, 0.15) is 38.3 Å². The van der Waals surface area contributed by atoms with Gasteiger partial charge in [0, 0.05) is 32.1 Å². The average Bonchev–Trinajstić information content (AvgIpc) is 2.90. The van der Waals surface area contributed by atoms with Crippen molar-refractivity contribution in [2.24, 2.45) is 0 Å². The normalized spacial score (nSPS) is 18.0. The van der Waals surface area contributed by atoms with Crippen LogP contribution in [0.4, 0.5) is 4.39 Å². The van der Waals surface area contributed by atoms with Crippen LogP contribution in [0.15, 0.2) is 24.3 Å². The highest BCUT2D eigenvalue weighted by Crippen LogP contribution is 2.21. The number of rotatable bonds is 7. The van der Waals surface area contributed by atoms with Crippen LogP contribution >= 0.6 is 0 Å². The van der Waals surface area contributed by atoms with E-state index >= 15 is 0 Å². The molecule has 1 aliphatic heterocycles. The molecule has 2 atom stereocenters. The van der Waals surface area contributed by atoms with Gasteiger partial charge in [-0.2, -0.15) is 0 Å². The van der Waals surface area contributed by atoms with Crippen LogP contribution in [0.5, 0.6) is 0 Å². The third kappa shape index (κ3) is 4.27. The zero-order valence-electron chi connectivity index (χ0n) is 13.3. The maximum Gasteiger partial charge on any atom is 0.222 e. The largest absolute Gasteiger partial charge is 0.390 e. The van der Waals surface area contributed by atoms with Crippen LogP contribution in [0.2, 0.25) is 0 Å². The minimum absolute atomic E-state index is 0.0922. The number of carbonyl (C=O) groups is 1. The first-order chi connectivity index (χ1) is 10.5. The van der Waals surface area contributed by atoms with E-state index in [1.807, 2.05) is 13.8 Å². The van der Waals surface area contributed by atoms with Gasteiger partial charge in [-0.25, -0.2) is 4.39 Å². The highest BCUT2D eigenvalue weighted by Gasteiger charge is 2.24. The molecular formula is C17H25FN2O2. The summed E-state index contributed by atoms with van der Waals surface area (Å²) in [6, 6.07) is 6.56. The standard InChI is InChI=1S/C17H25FN2O2/c1-3-19(13(2)14-6-8-15(18)9-7-14)11-16(21)12-20-10-4-5-17(20)22/h6-9,13,16,21H,3-5,10-12H2,1-2H3. The predicted molar refractivity (Wildman–Crippen MR) is 83.9 cm³/mol. The summed E-state index contributed by atoms with van der Waals surface area (Å²) in [5, 5.41) is 10.3. The number of halogens is 1. The van der Waals surface area contributed by atoms with Crippen LogP contribution < -0.4 is 0 Å². The Balaban J connectivity index is 1.92. The average molecular weight is 308 g/mol. The maximum absolute atomic E-state index is 13.0. The molecule has 0 saturated carbocycles. The van der Waals surface area contributed by atoms with Gasteiger partial charge < -0.3 is 10.0 Å². The fourth-order valence-corrected chi connectivity index (χ4v) is 2.99. The second-order valence-corrected chi connectivity index (χ2v) is 5.91. The van der Waals surface area contributed by atoms with Crippen LogP contribution in [0.3, 0.4) is 0 Å². The fourth-order valence-electron chi connectivity index (χ4n) is 2.99. The predicted octanol–water partition coefficient (Wildman–Crippen LogP) is 2.19. The van der Waals surface area contributed by atoms with Crippen LogP contribution in [0, 0.1) is 5.82 Å². The van der Waals surface area contributed by atoms with Crippen LogP contribution in [0.25, 0.3) is 0 Å². The SMILES string of the molecule is CCN(CC(O)CN1CCCC1=O)C(C)c1ccc(F)cc1. The maximum atomic E-state index is 13.0. The number of hydrogen-bond donors (Lipinski definition) is 1. The van der Waals surface area contributed by atoms with Gasteiger partial charge in [-0.05, 0) is 37.6 Å². The number of benzene rings is 1. The zero-order chi connectivity index (χ0) is 16.1. The molecule has 1 aliphatic rings. The van der Waals surface area contributed by atoms with Crippen molar-refractivity contribution >= 4 is 5.91 Å². The van der Waals surface area contributed by atoms with E-state index in [0.29, 0.717) is 19.5 Å². The molecule has 1 heterocycles. The summed E-state index contributed by atoms with van der Waals surface area (Å²) in [6.07, 6.45) is 0.912. The van der Waals surface area contributed by atoms with Gasteiger partial charge in [0.1, 0.15) is 5.82 Å². The molecule has 1 fully saturated rings. The minimum Gasteiger partial charge on any atom is -0.390 e. The number of β-amino-alcohol motifs (C(OH)–C–C–N with tert-alkyl or cyclic N) is 1. The summed E-state index contributed by atoms with van der Waals surface area (Å²) in [5.41, 5.74) is 1.02. The van der Waals surface area contributed by atoms with Gasteiger partial charge in [0.15, 0.2) is 0 Å². The minimum atomic E-state index is -0.565. The molecule has 0 radical (unpaired) electrons. The van der Waals surface area contributed by atoms with Crippen molar-refractivity contribution in [1.82, 2.24) is 9.80 Å². The monoisotopic (exact) mass is 308 g/mol. The van der Waals surface area contributed by atoms with Gasteiger partial charge >= 0.3 is 0 Å². The molecule has 122 valence electrons. The Morgan fingerprint density at radius 3 is 2.59 bits per heavy atom. The molecule has 2 unspecified atom stereocenters. The summed E-state index contributed by atoms with van der Waals surface area (Å²) in [6.45, 7) is 6.50. The van der Waals surface area contributed by atoms with E-state index in [9.17, 15) is 14.3 Å². The molecule has 0 aromatic heterocycles. The first-order valence-electron chi connectivity index (χ1n) is 7.96. The lowest BCUT2D eigenvalue weighted by Gasteiger charge is -2.31. The summed E-state index contributed by atoms with van der Waals surface area (Å²) >= 11 is 0. The highest BCUT2D eigenvalue weighted by molar-refractivity contribution is 5.78. The molecule has 0 bridgehead atoms. The Morgan fingerprint density at radius 1 is 1.36 bits per heavy atom. The molecule has 4 nitrogen and oxygen atoms in total. The Hall–Kier alpha value is -1.46. The summed E-state index contributed by atoms with van der Waals surface area (Å²) in [7, 11) is 0. The van der Waals surface area contributed by atoms with E-state index in [2.05, 4.69) is 4.90 Å². The van der Waals surface area contributed by atoms with Crippen molar-refractivity contribution in [2.75, 3.05) is 26.2 Å². The molecule has 1 saturated heterocycles. The lowest BCUT2D eigenvalue weighted by atomic mass is 10.1.